The molecule has 1 fully saturated rings. The van der Waals surface area contributed by atoms with Gasteiger partial charge in [-0.1, -0.05) is 35.4 Å². The molecule has 0 saturated carbocycles. The number of anilines is 1. The van der Waals surface area contributed by atoms with Gasteiger partial charge in [-0.15, -0.1) is 28.6 Å². The normalized spacial score (nSPS) is 15.4. The Bertz CT molecular complexity index is 1190. The maximum atomic E-state index is 13.1. The van der Waals surface area contributed by atoms with E-state index in [9.17, 15) is 13.2 Å². The second kappa shape index (κ2) is 10.7. The molecule has 1 aliphatic heterocycles. The van der Waals surface area contributed by atoms with E-state index in [4.69, 9.17) is 4.42 Å². The zero-order valence-corrected chi connectivity index (χ0v) is 20.5. The molecule has 1 aliphatic rings. The van der Waals surface area contributed by atoms with Gasteiger partial charge in [-0.3, -0.25) is 10.1 Å². The van der Waals surface area contributed by atoms with E-state index in [2.05, 4.69) is 15.5 Å². The Morgan fingerprint density at radius 1 is 1.09 bits per heavy atom. The lowest BCUT2D eigenvalue weighted by Crippen LogP contribution is -2.41. The zero-order valence-electron chi connectivity index (χ0n) is 18.0. The lowest BCUT2D eigenvalue weighted by molar-refractivity contribution is -0.121. The second-order valence-electron chi connectivity index (χ2n) is 7.42. The Morgan fingerprint density at radius 3 is 2.52 bits per heavy atom. The quantitative estimate of drug-likeness (QED) is 0.457. The highest BCUT2D eigenvalue weighted by Gasteiger charge is 2.33. The van der Waals surface area contributed by atoms with Crippen LogP contribution in [0.5, 0.6) is 0 Å². The molecular formula is C22H24N4O4S3. The molecule has 2 heterocycles. The molecule has 4 rings (SSSR count). The predicted octanol–water partition coefficient (Wildman–Crippen LogP) is 4.12. The van der Waals surface area contributed by atoms with Crippen molar-refractivity contribution in [2.45, 2.75) is 33.3 Å². The number of thioether (sulfide) groups is 2. The Hall–Kier alpha value is -2.34. The van der Waals surface area contributed by atoms with E-state index in [0.717, 1.165) is 9.79 Å². The van der Waals surface area contributed by atoms with Gasteiger partial charge in [-0.25, -0.2) is 8.42 Å². The highest BCUT2D eigenvalue weighted by molar-refractivity contribution is 7.99. The van der Waals surface area contributed by atoms with Gasteiger partial charge in [0.1, 0.15) is 0 Å². The average molecular weight is 505 g/mol. The van der Waals surface area contributed by atoms with Crippen LogP contribution in [0.25, 0.3) is 0 Å². The summed E-state index contributed by atoms with van der Waals surface area (Å²) in [6, 6.07) is 16.9. The number of carbonyl (C=O) groups is 1. The Kier molecular flexibility index (Phi) is 7.74. The van der Waals surface area contributed by atoms with Crippen molar-refractivity contribution in [2.24, 2.45) is 5.92 Å². The Balaban J connectivity index is 1.30. The van der Waals surface area contributed by atoms with E-state index in [-0.39, 0.29) is 30.9 Å². The van der Waals surface area contributed by atoms with Crippen LogP contribution in [0.4, 0.5) is 6.01 Å². The van der Waals surface area contributed by atoms with Gasteiger partial charge in [0.15, 0.2) is 0 Å². The molecule has 0 bridgehead atoms. The molecule has 1 amide bonds. The maximum Gasteiger partial charge on any atom is 0.322 e. The molecule has 11 heteroatoms. The van der Waals surface area contributed by atoms with Gasteiger partial charge in [0, 0.05) is 28.8 Å². The molecular weight excluding hydrogens is 480 g/mol. The van der Waals surface area contributed by atoms with Crippen molar-refractivity contribution < 1.29 is 17.6 Å². The van der Waals surface area contributed by atoms with Gasteiger partial charge in [0.2, 0.25) is 21.8 Å². The summed E-state index contributed by atoms with van der Waals surface area (Å²) in [4.78, 5) is 14.8. The van der Waals surface area contributed by atoms with E-state index < -0.39 is 10.0 Å². The molecule has 1 N–H and O–H groups in total. The molecule has 1 saturated heterocycles. The largest absolute Gasteiger partial charge is 0.407 e. The summed E-state index contributed by atoms with van der Waals surface area (Å²) in [6.45, 7) is 0.567. The first-order valence-corrected chi connectivity index (χ1v) is 14.1. The molecule has 174 valence electrons. The first kappa shape index (κ1) is 23.8. The van der Waals surface area contributed by atoms with Crippen LogP contribution in [0.3, 0.4) is 0 Å². The molecule has 2 aromatic carbocycles. The van der Waals surface area contributed by atoms with Crippen molar-refractivity contribution in [1.82, 2.24) is 14.5 Å². The number of nitrogens with one attached hydrogen (secondary N) is 1. The van der Waals surface area contributed by atoms with Crippen molar-refractivity contribution in [3.63, 3.8) is 0 Å². The lowest BCUT2D eigenvalue weighted by Gasteiger charge is -2.30. The van der Waals surface area contributed by atoms with Crippen LogP contribution in [0.2, 0.25) is 0 Å². The lowest BCUT2D eigenvalue weighted by atomic mass is 9.97. The SMILES string of the molecule is CSc1ccccc1S(=O)(=O)N1CCC(C(=O)Nc2nnc(CSc3ccccc3)o2)CC1. The summed E-state index contributed by atoms with van der Waals surface area (Å²) in [5.41, 5.74) is 0. The number of hydrogen-bond donors (Lipinski definition) is 1. The number of rotatable bonds is 8. The summed E-state index contributed by atoms with van der Waals surface area (Å²) in [7, 11) is -3.60. The first-order valence-electron chi connectivity index (χ1n) is 10.4. The fraction of sp³-hybridized carbons (Fsp3) is 0.318. The summed E-state index contributed by atoms with van der Waals surface area (Å²) >= 11 is 2.97. The van der Waals surface area contributed by atoms with Crippen molar-refractivity contribution in [1.29, 1.82) is 0 Å². The number of hydrogen-bond acceptors (Lipinski definition) is 8. The Labute approximate surface area is 201 Å². The van der Waals surface area contributed by atoms with E-state index >= 15 is 0 Å². The van der Waals surface area contributed by atoms with Gasteiger partial charge >= 0.3 is 6.01 Å². The molecule has 3 aromatic rings. The highest BCUT2D eigenvalue weighted by Crippen LogP contribution is 2.30. The van der Waals surface area contributed by atoms with Gasteiger partial charge in [0.25, 0.3) is 0 Å². The predicted molar refractivity (Wildman–Crippen MR) is 129 cm³/mol. The monoisotopic (exact) mass is 504 g/mol. The topological polar surface area (TPSA) is 105 Å². The minimum Gasteiger partial charge on any atom is -0.407 e. The third kappa shape index (κ3) is 5.78. The number of nitrogens with zero attached hydrogens (tertiary/aromatic N) is 3. The summed E-state index contributed by atoms with van der Waals surface area (Å²) in [5.74, 6) is 0.372. The number of carbonyl (C=O) groups excluding carboxylic acids is 1. The number of aromatic nitrogens is 2. The summed E-state index contributed by atoms with van der Waals surface area (Å²) in [5, 5.41) is 10.6. The number of amides is 1. The van der Waals surface area contributed by atoms with Gasteiger partial charge in [-0.05, 0) is 43.4 Å². The molecule has 0 spiro atoms. The molecule has 0 atom stereocenters. The van der Waals surface area contributed by atoms with Crippen molar-refractivity contribution >= 4 is 45.5 Å². The number of benzene rings is 2. The average Bonchev–Trinajstić information content (AvgIpc) is 3.30. The van der Waals surface area contributed by atoms with Crippen molar-refractivity contribution in [3.05, 3.63) is 60.5 Å². The summed E-state index contributed by atoms with van der Waals surface area (Å²) in [6.07, 6.45) is 2.71. The standard InChI is InChI=1S/C22H24N4O4S3/c1-31-18-9-5-6-10-19(18)33(28,29)26-13-11-16(12-14-26)21(27)23-22-25-24-20(30-22)15-32-17-7-3-2-4-8-17/h2-10,16H,11-15H2,1H3,(H,23,25,27). The fourth-order valence-electron chi connectivity index (χ4n) is 3.56. The number of piperidine rings is 1. The smallest absolute Gasteiger partial charge is 0.322 e. The highest BCUT2D eigenvalue weighted by atomic mass is 32.2. The molecule has 0 unspecified atom stereocenters. The van der Waals surface area contributed by atoms with Crippen LogP contribution in [0.1, 0.15) is 18.7 Å². The second-order valence-corrected chi connectivity index (χ2v) is 11.2. The van der Waals surface area contributed by atoms with Gasteiger partial charge in [0.05, 0.1) is 10.6 Å². The zero-order chi connectivity index (χ0) is 23.3. The third-order valence-corrected chi connectivity index (χ3v) is 9.19. The molecule has 0 aliphatic carbocycles. The molecule has 8 nitrogen and oxygen atoms in total. The van der Waals surface area contributed by atoms with Crippen LogP contribution >= 0.6 is 23.5 Å². The fourth-order valence-corrected chi connectivity index (χ4v) is 6.91. The van der Waals surface area contributed by atoms with Crippen LogP contribution < -0.4 is 5.32 Å². The van der Waals surface area contributed by atoms with Crippen molar-refractivity contribution in [2.75, 3.05) is 24.7 Å². The van der Waals surface area contributed by atoms with Crippen LogP contribution in [-0.4, -0.2) is 48.2 Å². The minimum atomic E-state index is -3.60. The van der Waals surface area contributed by atoms with Crippen molar-refractivity contribution in [3.8, 4) is 0 Å². The van der Waals surface area contributed by atoms with E-state index in [1.165, 1.54) is 16.1 Å². The minimum absolute atomic E-state index is 0.0626. The maximum absolute atomic E-state index is 13.1. The van der Waals surface area contributed by atoms with E-state index in [0.29, 0.717) is 29.4 Å². The molecule has 33 heavy (non-hydrogen) atoms. The molecule has 0 radical (unpaired) electrons. The summed E-state index contributed by atoms with van der Waals surface area (Å²) < 4.78 is 33.2. The third-order valence-electron chi connectivity index (χ3n) is 5.31. The number of sulfonamides is 1. The first-order chi connectivity index (χ1) is 16.0. The van der Waals surface area contributed by atoms with Crippen LogP contribution in [-0.2, 0) is 20.6 Å². The van der Waals surface area contributed by atoms with E-state index in [1.54, 1.807) is 30.0 Å². The van der Waals surface area contributed by atoms with Crippen LogP contribution in [0, 0.1) is 5.92 Å². The van der Waals surface area contributed by atoms with Crippen LogP contribution in [0.15, 0.2) is 73.7 Å². The van der Waals surface area contributed by atoms with Gasteiger partial charge in [-0.2, -0.15) is 4.31 Å². The van der Waals surface area contributed by atoms with Gasteiger partial charge < -0.3 is 4.42 Å². The Morgan fingerprint density at radius 2 is 1.79 bits per heavy atom. The van der Waals surface area contributed by atoms with E-state index in [1.807, 2.05) is 42.7 Å². The molecule has 1 aromatic heterocycles.